The van der Waals surface area contributed by atoms with E-state index < -0.39 is 0 Å². The Morgan fingerprint density at radius 1 is 1.10 bits per heavy atom. The monoisotopic (exact) mass is 283 g/mol. The molecule has 0 N–H and O–H groups in total. The van der Waals surface area contributed by atoms with Crippen LogP contribution in [0.3, 0.4) is 0 Å². The number of fused-ring (bicyclic) bond motifs is 1. The lowest BCUT2D eigenvalue weighted by atomic mass is 10.2. The lowest BCUT2D eigenvalue weighted by Crippen LogP contribution is -2.12. The lowest BCUT2D eigenvalue weighted by molar-refractivity contribution is 0.415. The molecule has 3 aromatic rings. The first kappa shape index (κ1) is 9.34. The highest BCUT2D eigenvalue weighted by Gasteiger charge is 2.11. The summed E-state index contributed by atoms with van der Waals surface area (Å²) in [5.74, 6) is 1.01. The Hall–Kier alpha value is -2.62. The maximum atomic E-state index is 8.26. The average Bonchev–Trinajstić information content (AvgIpc) is 2.60. The summed E-state index contributed by atoms with van der Waals surface area (Å²) >= 11 is 0. The van der Waals surface area contributed by atoms with Crippen molar-refractivity contribution in [2.75, 3.05) is 19.1 Å². The van der Waals surface area contributed by atoms with Gasteiger partial charge < -0.3 is 9.64 Å². The summed E-state index contributed by atoms with van der Waals surface area (Å²) in [4.78, 5) is 10.4. The number of para-hydroxylation sites is 1. The molecule has 0 radical (unpaired) electrons. The van der Waals surface area contributed by atoms with Crippen LogP contribution < -0.4 is 9.64 Å². The van der Waals surface area contributed by atoms with E-state index in [0.29, 0.717) is 11.6 Å². The molecule has 0 aliphatic heterocycles. The molecule has 0 saturated carbocycles. The van der Waals surface area contributed by atoms with Gasteiger partial charge in [0.15, 0.2) is 0 Å². The molecular weight excluding hydrogens is 262 g/mol. The Kier molecular flexibility index (Phi) is 2.40. The molecule has 0 bridgehead atoms. The van der Waals surface area contributed by atoms with E-state index in [9.17, 15) is 0 Å². The van der Waals surface area contributed by atoms with Gasteiger partial charge in [0.1, 0.15) is 17.4 Å². The number of rotatable bonds is 3. The van der Waals surface area contributed by atoms with Crippen LogP contribution >= 0.6 is 0 Å². The van der Waals surface area contributed by atoms with Gasteiger partial charge in [-0.05, 0) is 43.2 Å². The number of ether oxygens (including phenoxy) is 1. The number of nitrogens with zero attached hydrogens (tertiary/aromatic N) is 3. The molecule has 0 saturated heterocycles. The molecule has 0 fully saturated rings. The van der Waals surface area contributed by atoms with Crippen molar-refractivity contribution in [3.8, 4) is 5.75 Å². The molecule has 106 valence electrons. The van der Waals surface area contributed by atoms with Gasteiger partial charge in [-0.15, -0.1) is 0 Å². The molecule has 4 heteroatoms. The Balaban J connectivity index is 2.29. The Morgan fingerprint density at radius 2 is 1.81 bits per heavy atom. The summed E-state index contributed by atoms with van der Waals surface area (Å²) in [6.07, 6.45) is 0. The number of methoxy groups -OCH3 is 1. The first-order valence-corrected chi connectivity index (χ1v) is 6.48. The zero-order valence-corrected chi connectivity index (χ0v) is 12.1. The van der Waals surface area contributed by atoms with Gasteiger partial charge >= 0.3 is 0 Å². The minimum Gasteiger partial charge on any atom is -0.497 e. The third-order valence-electron chi connectivity index (χ3n) is 3.14. The lowest BCUT2D eigenvalue weighted by Gasteiger charge is -2.20. The number of benzene rings is 2. The van der Waals surface area contributed by atoms with Gasteiger partial charge in [0, 0.05) is 18.1 Å². The van der Waals surface area contributed by atoms with E-state index in [4.69, 9.17) is 10.2 Å². The average molecular weight is 283 g/mol. The fraction of sp³-hybridized carbons (Fsp3) is 0.176. The summed E-state index contributed by atoms with van der Waals surface area (Å²) < 4.78 is 37.7. The first-order chi connectivity index (χ1) is 11.9. The zero-order chi connectivity index (χ0) is 18.3. The van der Waals surface area contributed by atoms with Crippen molar-refractivity contribution >= 4 is 22.4 Å². The van der Waals surface area contributed by atoms with Gasteiger partial charge in [-0.1, -0.05) is 12.1 Å². The van der Waals surface area contributed by atoms with Crippen LogP contribution in [0.25, 0.3) is 10.9 Å². The molecule has 1 heterocycles. The highest BCUT2D eigenvalue weighted by Crippen LogP contribution is 2.29. The van der Waals surface area contributed by atoms with Crippen molar-refractivity contribution in [2.45, 2.75) is 6.92 Å². The van der Waals surface area contributed by atoms with Crippen LogP contribution in [-0.2, 0) is 0 Å². The van der Waals surface area contributed by atoms with Crippen LogP contribution in [-0.4, -0.2) is 24.1 Å². The second-order valence-electron chi connectivity index (χ2n) is 4.55. The van der Waals surface area contributed by atoms with Crippen molar-refractivity contribution in [3.63, 3.8) is 0 Å². The predicted octanol–water partition coefficient (Wildman–Crippen LogP) is 3.71. The van der Waals surface area contributed by atoms with Gasteiger partial charge in [-0.25, -0.2) is 9.97 Å². The summed E-state index contributed by atoms with van der Waals surface area (Å²) in [6.45, 7) is 1.77. The van der Waals surface area contributed by atoms with Crippen LogP contribution in [0.2, 0.25) is 0 Å². The van der Waals surface area contributed by atoms with Gasteiger partial charge in [-0.2, -0.15) is 0 Å². The highest BCUT2D eigenvalue weighted by molar-refractivity contribution is 5.91. The van der Waals surface area contributed by atoms with Crippen LogP contribution in [0.15, 0.2) is 48.4 Å². The fourth-order valence-electron chi connectivity index (χ4n) is 2.10. The van der Waals surface area contributed by atoms with Gasteiger partial charge in [0.05, 0.1) is 18.1 Å². The maximum absolute atomic E-state index is 8.26. The van der Waals surface area contributed by atoms with Crippen LogP contribution in [0.4, 0.5) is 11.5 Å². The van der Waals surface area contributed by atoms with E-state index in [0.717, 1.165) is 10.9 Å². The highest BCUT2D eigenvalue weighted by atomic mass is 16.5. The molecule has 3 rings (SSSR count). The van der Waals surface area contributed by atoms with Crippen molar-refractivity contribution in [3.05, 3.63) is 54.3 Å². The van der Waals surface area contributed by atoms with Gasteiger partial charge in [0.25, 0.3) is 0 Å². The molecule has 0 spiro atoms. The fourth-order valence-corrected chi connectivity index (χ4v) is 2.10. The summed E-state index contributed by atoms with van der Waals surface area (Å²) in [7, 11) is 3.00. The van der Waals surface area contributed by atoms with Crippen molar-refractivity contribution in [2.24, 2.45) is 0 Å². The van der Waals surface area contributed by atoms with Crippen molar-refractivity contribution < 1.29 is 10.2 Å². The zero-order valence-electron chi connectivity index (χ0n) is 16.1. The minimum absolute atomic E-state index is 0.0733. The predicted molar refractivity (Wildman–Crippen MR) is 85.3 cm³/mol. The molecule has 4 nitrogen and oxygen atoms in total. The van der Waals surface area contributed by atoms with E-state index in [1.165, 1.54) is 7.11 Å². The van der Waals surface area contributed by atoms with E-state index in [-0.39, 0.29) is 35.6 Å². The Morgan fingerprint density at radius 3 is 2.52 bits per heavy atom. The van der Waals surface area contributed by atoms with Crippen LogP contribution in [0, 0.1) is 6.92 Å². The quantitative estimate of drug-likeness (QED) is 0.734. The molecule has 21 heavy (non-hydrogen) atoms. The standard InChI is InChI=1S/C17H17N3O/c1-12-18-16-7-5-4-6-15(16)17(19-12)20(2)13-8-10-14(21-3)11-9-13/h4-11H,1-3H3/i8D,9D,10D,11D. The topological polar surface area (TPSA) is 38.2 Å². The summed E-state index contributed by atoms with van der Waals surface area (Å²) in [5, 5.41) is 0.767. The van der Waals surface area contributed by atoms with Crippen LogP contribution in [0.1, 0.15) is 11.3 Å². The molecule has 0 aliphatic rings. The second-order valence-corrected chi connectivity index (χ2v) is 4.55. The minimum atomic E-state index is -0.222. The van der Waals surface area contributed by atoms with Gasteiger partial charge in [-0.3, -0.25) is 0 Å². The number of hydrogen-bond acceptors (Lipinski definition) is 4. The third-order valence-corrected chi connectivity index (χ3v) is 3.14. The number of aromatic nitrogens is 2. The van der Waals surface area contributed by atoms with E-state index in [1.54, 1.807) is 18.9 Å². The molecule has 1 aromatic heterocycles. The van der Waals surface area contributed by atoms with Crippen LogP contribution in [0.5, 0.6) is 5.75 Å². The molecule has 0 aliphatic carbocycles. The Bertz CT molecular complexity index is 949. The second kappa shape index (κ2) is 5.40. The molecule has 0 atom stereocenters. The largest absolute Gasteiger partial charge is 0.497 e. The summed E-state index contributed by atoms with van der Waals surface area (Å²) in [6, 6.07) is 6.66. The SMILES string of the molecule is [2H]c1c([2H])c(N(C)c2nc(C)nc3ccccc23)c([2H])c([2H])c1OC. The molecule has 0 amide bonds. The van der Waals surface area contributed by atoms with Crippen molar-refractivity contribution in [1.82, 2.24) is 9.97 Å². The Labute approximate surface area is 129 Å². The maximum Gasteiger partial charge on any atom is 0.144 e. The van der Waals surface area contributed by atoms with E-state index in [1.807, 2.05) is 24.3 Å². The molecule has 2 aromatic carbocycles. The molecular formula is C17H17N3O. The summed E-state index contributed by atoms with van der Waals surface area (Å²) in [5.41, 5.74) is 0.889. The normalized spacial score (nSPS) is 13.3. The van der Waals surface area contributed by atoms with Crippen molar-refractivity contribution in [1.29, 1.82) is 0 Å². The molecule has 0 unspecified atom stereocenters. The van der Waals surface area contributed by atoms with Gasteiger partial charge in [0.2, 0.25) is 0 Å². The van der Waals surface area contributed by atoms with E-state index >= 15 is 0 Å². The smallest absolute Gasteiger partial charge is 0.144 e. The number of anilines is 2. The number of hydrogen-bond donors (Lipinski definition) is 0. The number of aryl methyl sites for hydroxylation is 1. The van der Waals surface area contributed by atoms with E-state index in [2.05, 4.69) is 9.97 Å². The first-order valence-electron chi connectivity index (χ1n) is 8.48. The third kappa shape index (κ3) is 2.52.